The second-order valence-electron chi connectivity index (χ2n) is 6.51. The minimum absolute atomic E-state index is 0.0842. The van der Waals surface area contributed by atoms with Crippen LogP contribution >= 0.6 is 11.6 Å². The summed E-state index contributed by atoms with van der Waals surface area (Å²) in [5, 5.41) is 20.6. The van der Waals surface area contributed by atoms with Gasteiger partial charge in [0.05, 0.1) is 32.0 Å². The van der Waals surface area contributed by atoms with Crippen molar-refractivity contribution in [3.8, 4) is 17.2 Å². The predicted molar refractivity (Wildman–Crippen MR) is 111 cm³/mol. The number of aliphatic hydroxyl groups excluding tert-OH is 1. The molecule has 0 spiro atoms. The van der Waals surface area contributed by atoms with Crippen LogP contribution in [0, 0.1) is 0 Å². The number of hydrogen-bond donors (Lipinski definition) is 2. The molecule has 1 heterocycles. The number of aliphatic carboxylic acids is 1. The van der Waals surface area contributed by atoms with E-state index >= 15 is 0 Å². The Hall–Kier alpha value is -3.06. The summed E-state index contributed by atoms with van der Waals surface area (Å²) in [7, 11) is 4.59. The predicted octanol–water partition coefficient (Wildman–Crippen LogP) is 3.78. The molecule has 154 valence electrons. The van der Waals surface area contributed by atoms with E-state index < -0.39 is 5.97 Å². The summed E-state index contributed by atoms with van der Waals surface area (Å²) in [6.45, 7) is -0.0249. The number of carbonyl (C=O) groups is 1. The van der Waals surface area contributed by atoms with Gasteiger partial charge in [-0.05, 0) is 23.8 Å². The molecule has 0 aliphatic carbocycles. The lowest BCUT2D eigenvalue weighted by atomic mass is 9.94. The Bertz CT molecular complexity index is 972. The number of benzene rings is 2. The van der Waals surface area contributed by atoms with Gasteiger partial charge in [-0.1, -0.05) is 23.7 Å². The van der Waals surface area contributed by atoms with Crippen molar-refractivity contribution < 1.29 is 29.2 Å². The first kappa shape index (κ1) is 20.7. The second-order valence-corrected chi connectivity index (χ2v) is 6.92. The van der Waals surface area contributed by atoms with Crippen LogP contribution in [-0.4, -0.2) is 50.6 Å². The number of rotatable bonds is 7. The van der Waals surface area contributed by atoms with Gasteiger partial charge >= 0.3 is 5.97 Å². The smallest absolute Gasteiger partial charge is 0.323 e. The first-order valence-corrected chi connectivity index (χ1v) is 9.23. The number of aliphatic hydroxyl groups is 1. The average molecular weight is 420 g/mol. The molecule has 2 aromatic carbocycles. The third-order valence-electron chi connectivity index (χ3n) is 4.79. The van der Waals surface area contributed by atoms with Crippen LogP contribution in [-0.2, 0) is 11.2 Å². The third-order valence-corrected chi connectivity index (χ3v) is 5.10. The van der Waals surface area contributed by atoms with Crippen LogP contribution in [0.5, 0.6) is 17.2 Å². The first-order valence-electron chi connectivity index (χ1n) is 8.85. The highest BCUT2D eigenvalue weighted by atomic mass is 35.5. The molecule has 0 amide bonds. The zero-order valence-electron chi connectivity index (χ0n) is 16.4. The molecule has 2 aromatic rings. The SMILES string of the molecule is COc1ccc(CC2=C(O)c3cccc(Cl)c3N(CC(=O)O)C2)c(OC)c1OC. The van der Waals surface area contributed by atoms with Crippen molar-refractivity contribution >= 4 is 29.0 Å². The lowest BCUT2D eigenvalue weighted by molar-refractivity contribution is -0.135. The fourth-order valence-electron chi connectivity index (χ4n) is 3.57. The average Bonchev–Trinajstić information content (AvgIpc) is 2.70. The van der Waals surface area contributed by atoms with Crippen LogP contribution in [0.25, 0.3) is 5.76 Å². The van der Waals surface area contributed by atoms with Gasteiger partial charge in [-0.25, -0.2) is 0 Å². The van der Waals surface area contributed by atoms with E-state index in [1.165, 1.54) is 21.3 Å². The molecular weight excluding hydrogens is 398 g/mol. The number of fused-ring (bicyclic) bond motifs is 1. The van der Waals surface area contributed by atoms with E-state index in [9.17, 15) is 15.0 Å². The van der Waals surface area contributed by atoms with E-state index in [1.807, 2.05) is 6.07 Å². The third kappa shape index (κ3) is 3.91. The van der Waals surface area contributed by atoms with Crippen molar-refractivity contribution in [3.63, 3.8) is 0 Å². The van der Waals surface area contributed by atoms with E-state index in [-0.39, 0.29) is 18.8 Å². The van der Waals surface area contributed by atoms with Gasteiger partial charge in [-0.15, -0.1) is 0 Å². The quantitative estimate of drug-likeness (QED) is 0.705. The number of para-hydroxylation sites is 1. The highest BCUT2D eigenvalue weighted by molar-refractivity contribution is 6.33. The normalized spacial score (nSPS) is 13.2. The zero-order valence-corrected chi connectivity index (χ0v) is 17.1. The monoisotopic (exact) mass is 419 g/mol. The van der Waals surface area contributed by atoms with E-state index in [2.05, 4.69) is 0 Å². The van der Waals surface area contributed by atoms with Crippen LogP contribution in [0.15, 0.2) is 35.9 Å². The standard InChI is InChI=1S/C21H22ClNO6/c1-27-16-8-7-12(20(28-2)21(16)29-3)9-13-10-23(11-17(24)25)18-14(19(13)26)5-4-6-15(18)22/h4-8,26H,9-11H2,1-3H3,(H,24,25). The largest absolute Gasteiger partial charge is 0.507 e. The minimum atomic E-state index is -0.986. The molecule has 0 bridgehead atoms. The maximum Gasteiger partial charge on any atom is 0.323 e. The zero-order chi connectivity index (χ0) is 21.1. The van der Waals surface area contributed by atoms with Crippen molar-refractivity contribution in [3.05, 3.63) is 52.1 Å². The summed E-state index contributed by atoms with van der Waals surface area (Å²) in [4.78, 5) is 13.0. The number of anilines is 1. The number of ether oxygens (including phenoxy) is 3. The van der Waals surface area contributed by atoms with Gasteiger partial charge in [0.2, 0.25) is 5.75 Å². The topological polar surface area (TPSA) is 88.5 Å². The number of halogens is 1. The fourth-order valence-corrected chi connectivity index (χ4v) is 3.87. The molecule has 3 rings (SSSR count). The van der Waals surface area contributed by atoms with Gasteiger partial charge in [0.1, 0.15) is 12.3 Å². The summed E-state index contributed by atoms with van der Waals surface area (Å²) < 4.78 is 16.3. The molecule has 0 atom stereocenters. The highest BCUT2D eigenvalue weighted by Gasteiger charge is 2.28. The minimum Gasteiger partial charge on any atom is -0.507 e. The summed E-state index contributed by atoms with van der Waals surface area (Å²) in [5.41, 5.74) is 2.43. The molecule has 0 unspecified atom stereocenters. The van der Waals surface area contributed by atoms with Crippen LogP contribution in [0.3, 0.4) is 0 Å². The molecule has 0 saturated carbocycles. The Kier molecular flexibility index (Phi) is 6.08. The Balaban J connectivity index is 2.07. The summed E-state index contributed by atoms with van der Waals surface area (Å²) >= 11 is 6.30. The number of methoxy groups -OCH3 is 3. The Morgan fingerprint density at radius 2 is 1.83 bits per heavy atom. The van der Waals surface area contributed by atoms with Gasteiger partial charge in [0.15, 0.2) is 11.5 Å². The molecule has 2 N–H and O–H groups in total. The lowest BCUT2D eigenvalue weighted by Crippen LogP contribution is -2.35. The van der Waals surface area contributed by atoms with Crippen molar-refractivity contribution in [1.82, 2.24) is 0 Å². The second kappa shape index (κ2) is 8.53. The molecule has 1 aliphatic rings. The van der Waals surface area contributed by atoms with E-state index in [0.29, 0.717) is 45.5 Å². The van der Waals surface area contributed by atoms with Crippen LogP contribution < -0.4 is 19.1 Å². The highest BCUT2D eigenvalue weighted by Crippen LogP contribution is 2.43. The van der Waals surface area contributed by atoms with Crippen molar-refractivity contribution in [1.29, 1.82) is 0 Å². The van der Waals surface area contributed by atoms with Crippen LogP contribution in [0.2, 0.25) is 5.02 Å². The maximum absolute atomic E-state index is 11.4. The van der Waals surface area contributed by atoms with E-state index in [0.717, 1.165) is 5.56 Å². The maximum atomic E-state index is 11.4. The molecule has 0 radical (unpaired) electrons. The van der Waals surface area contributed by atoms with Crippen LogP contribution in [0.1, 0.15) is 11.1 Å². The molecular formula is C21H22ClNO6. The molecule has 0 fully saturated rings. The number of carboxylic acid groups (broad SMARTS) is 1. The summed E-state index contributed by atoms with van der Waals surface area (Å²) in [6.07, 6.45) is 0.331. The Morgan fingerprint density at radius 1 is 1.10 bits per heavy atom. The summed E-state index contributed by atoms with van der Waals surface area (Å²) in [5.74, 6) is 0.573. The van der Waals surface area contributed by atoms with Crippen molar-refractivity contribution in [2.45, 2.75) is 6.42 Å². The van der Waals surface area contributed by atoms with Gasteiger partial charge in [0, 0.05) is 24.1 Å². The Morgan fingerprint density at radius 3 is 2.45 bits per heavy atom. The molecule has 7 nitrogen and oxygen atoms in total. The fraction of sp³-hybridized carbons (Fsp3) is 0.286. The van der Waals surface area contributed by atoms with E-state index in [1.54, 1.807) is 29.2 Å². The van der Waals surface area contributed by atoms with Gasteiger partial charge < -0.3 is 29.3 Å². The van der Waals surface area contributed by atoms with Gasteiger partial charge in [-0.2, -0.15) is 0 Å². The molecule has 29 heavy (non-hydrogen) atoms. The lowest BCUT2D eigenvalue weighted by Gasteiger charge is -2.32. The van der Waals surface area contributed by atoms with Crippen LogP contribution in [0.4, 0.5) is 5.69 Å². The molecule has 8 heteroatoms. The summed E-state index contributed by atoms with van der Waals surface area (Å²) in [6, 6.07) is 8.70. The number of carboxylic acids is 1. The van der Waals surface area contributed by atoms with E-state index in [4.69, 9.17) is 25.8 Å². The Labute approximate surface area is 173 Å². The molecule has 1 aliphatic heterocycles. The van der Waals surface area contributed by atoms with Gasteiger partial charge in [-0.3, -0.25) is 4.79 Å². The van der Waals surface area contributed by atoms with Crippen molar-refractivity contribution in [2.24, 2.45) is 0 Å². The number of hydrogen-bond acceptors (Lipinski definition) is 6. The first-order chi connectivity index (χ1) is 13.9. The molecule has 0 saturated heterocycles. The molecule has 0 aromatic heterocycles. The van der Waals surface area contributed by atoms with Crippen molar-refractivity contribution in [2.75, 3.05) is 39.3 Å². The van der Waals surface area contributed by atoms with Gasteiger partial charge in [0.25, 0.3) is 0 Å². The number of nitrogens with zero attached hydrogens (tertiary/aromatic N) is 1.